The Morgan fingerprint density at radius 1 is 1.69 bits per heavy atom. The number of hydrogen-bond donors (Lipinski definition) is 0. The van der Waals surface area contributed by atoms with Crippen molar-refractivity contribution < 1.29 is 4.79 Å². The Hall–Kier alpha value is -0.590. The Morgan fingerprint density at radius 3 is 2.77 bits per heavy atom. The average molecular weight is 180 g/mol. The third-order valence-corrected chi connectivity index (χ3v) is 3.51. The number of carbonyl (C=O) groups is 1. The molecule has 0 aliphatic heterocycles. The van der Waals surface area contributed by atoms with Gasteiger partial charge in [0.25, 0.3) is 0 Å². The molecule has 0 spiro atoms. The first-order chi connectivity index (χ1) is 6.02. The van der Waals surface area contributed by atoms with Crippen LogP contribution in [-0.2, 0) is 4.79 Å². The molecule has 0 aromatic heterocycles. The van der Waals surface area contributed by atoms with Gasteiger partial charge < -0.3 is 0 Å². The van der Waals surface area contributed by atoms with Crippen LogP contribution in [0.4, 0.5) is 0 Å². The molecule has 0 heterocycles. The van der Waals surface area contributed by atoms with Crippen LogP contribution in [0, 0.1) is 17.3 Å². The van der Waals surface area contributed by atoms with E-state index in [9.17, 15) is 4.79 Å². The zero-order valence-corrected chi connectivity index (χ0v) is 8.97. The first-order valence-corrected chi connectivity index (χ1v) is 5.16. The van der Waals surface area contributed by atoms with E-state index in [-0.39, 0.29) is 5.41 Å². The van der Waals surface area contributed by atoms with Crippen molar-refractivity contribution in [2.75, 3.05) is 0 Å². The summed E-state index contributed by atoms with van der Waals surface area (Å²) < 4.78 is 0. The van der Waals surface area contributed by atoms with Crippen molar-refractivity contribution in [2.24, 2.45) is 17.3 Å². The third-order valence-electron chi connectivity index (χ3n) is 3.51. The molecule has 13 heavy (non-hydrogen) atoms. The Kier molecular flexibility index (Phi) is 2.94. The molecule has 2 atom stereocenters. The van der Waals surface area contributed by atoms with Gasteiger partial charge in [0, 0.05) is 11.8 Å². The van der Waals surface area contributed by atoms with E-state index in [2.05, 4.69) is 27.4 Å². The molecule has 0 saturated heterocycles. The number of allylic oxidation sites excluding steroid dienone is 1. The minimum Gasteiger partial charge on any atom is -0.299 e. The molecule has 0 unspecified atom stereocenters. The number of hydrogen-bond acceptors (Lipinski definition) is 1. The maximum atomic E-state index is 11.8. The van der Waals surface area contributed by atoms with Crippen LogP contribution in [0.5, 0.6) is 0 Å². The highest BCUT2D eigenvalue weighted by molar-refractivity contribution is 5.87. The molecule has 1 aliphatic rings. The molecule has 0 amide bonds. The molecule has 1 nitrogen and oxygen atoms in total. The van der Waals surface area contributed by atoms with E-state index in [1.807, 2.05) is 6.08 Å². The zero-order chi connectivity index (χ0) is 10.1. The summed E-state index contributed by atoms with van der Waals surface area (Å²) in [6, 6.07) is 0. The van der Waals surface area contributed by atoms with Crippen LogP contribution in [0.3, 0.4) is 0 Å². The molecular weight excluding hydrogens is 160 g/mol. The van der Waals surface area contributed by atoms with Crippen molar-refractivity contribution in [1.29, 1.82) is 0 Å². The van der Waals surface area contributed by atoms with Crippen LogP contribution in [0.15, 0.2) is 12.7 Å². The first-order valence-electron chi connectivity index (χ1n) is 5.16. The van der Waals surface area contributed by atoms with Gasteiger partial charge in [-0.05, 0) is 24.7 Å². The molecule has 1 fully saturated rings. The summed E-state index contributed by atoms with van der Waals surface area (Å²) in [6.07, 6.45) is 4.57. The van der Waals surface area contributed by atoms with Crippen LogP contribution in [0.25, 0.3) is 0 Å². The van der Waals surface area contributed by atoms with Crippen LogP contribution in [-0.4, -0.2) is 5.78 Å². The maximum Gasteiger partial charge on any atom is 0.139 e. The lowest BCUT2D eigenvalue weighted by Crippen LogP contribution is -2.31. The summed E-state index contributed by atoms with van der Waals surface area (Å²) in [7, 11) is 0. The lowest BCUT2D eigenvalue weighted by Gasteiger charge is -2.31. The number of rotatable bonds is 3. The lowest BCUT2D eigenvalue weighted by molar-refractivity contribution is -0.126. The summed E-state index contributed by atoms with van der Waals surface area (Å²) in [6.45, 7) is 10.3. The highest BCUT2D eigenvalue weighted by Gasteiger charge is 2.45. The van der Waals surface area contributed by atoms with Gasteiger partial charge >= 0.3 is 0 Å². The van der Waals surface area contributed by atoms with Crippen molar-refractivity contribution in [3.63, 3.8) is 0 Å². The van der Waals surface area contributed by atoms with E-state index in [4.69, 9.17) is 0 Å². The van der Waals surface area contributed by atoms with Gasteiger partial charge in [0.15, 0.2) is 0 Å². The predicted octanol–water partition coefficient (Wildman–Crippen LogP) is 3.20. The number of carbonyl (C=O) groups excluding carboxylic acids is 1. The van der Waals surface area contributed by atoms with Crippen molar-refractivity contribution >= 4 is 5.78 Å². The van der Waals surface area contributed by atoms with Gasteiger partial charge in [0.05, 0.1) is 0 Å². The Labute approximate surface area is 81.2 Å². The molecule has 0 aromatic carbocycles. The molecule has 0 aromatic rings. The fourth-order valence-corrected chi connectivity index (χ4v) is 2.73. The van der Waals surface area contributed by atoms with Gasteiger partial charge in [-0.2, -0.15) is 0 Å². The van der Waals surface area contributed by atoms with Crippen molar-refractivity contribution in [1.82, 2.24) is 0 Å². The fraction of sp³-hybridized carbons (Fsp3) is 0.750. The zero-order valence-electron chi connectivity index (χ0n) is 8.97. The smallest absolute Gasteiger partial charge is 0.139 e. The van der Waals surface area contributed by atoms with E-state index in [0.29, 0.717) is 17.6 Å². The first kappa shape index (κ1) is 10.5. The standard InChI is InChI=1S/C12H20O/c1-5-8-12(4)10(9(2)3)6-7-11(12)13/h5,9-10H,1,6-8H2,2-4H3/t10-,12-/m0/s1. The predicted molar refractivity (Wildman–Crippen MR) is 55.5 cm³/mol. The molecule has 74 valence electrons. The lowest BCUT2D eigenvalue weighted by atomic mass is 9.71. The summed E-state index contributed by atoms with van der Waals surface area (Å²) in [5.74, 6) is 1.60. The van der Waals surface area contributed by atoms with Gasteiger partial charge in [0.1, 0.15) is 5.78 Å². The molecule has 0 bridgehead atoms. The number of ketones is 1. The summed E-state index contributed by atoms with van der Waals surface area (Å²) in [5.41, 5.74) is -0.115. The molecule has 0 N–H and O–H groups in total. The Balaban J connectivity index is 2.87. The van der Waals surface area contributed by atoms with Gasteiger partial charge in [-0.3, -0.25) is 4.79 Å². The van der Waals surface area contributed by atoms with Crippen molar-refractivity contribution in [3.05, 3.63) is 12.7 Å². The van der Waals surface area contributed by atoms with E-state index in [1.165, 1.54) is 0 Å². The van der Waals surface area contributed by atoms with Gasteiger partial charge in [-0.1, -0.05) is 26.8 Å². The van der Waals surface area contributed by atoms with Crippen LogP contribution in [0.1, 0.15) is 40.0 Å². The average Bonchev–Trinajstić information content (AvgIpc) is 2.29. The van der Waals surface area contributed by atoms with E-state index < -0.39 is 0 Å². The molecular formula is C12H20O. The minimum absolute atomic E-state index is 0.115. The van der Waals surface area contributed by atoms with E-state index >= 15 is 0 Å². The Bertz CT molecular complexity index is 217. The molecule has 1 rings (SSSR count). The number of Topliss-reactive ketones (excluding diaryl/α,β-unsaturated/α-hetero) is 1. The van der Waals surface area contributed by atoms with Crippen molar-refractivity contribution in [3.8, 4) is 0 Å². The molecule has 1 aliphatic carbocycles. The second kappa shape index (κ2) is 3.65. The van der Waals surface area contributed by atoms with Gasteiger partial charge in [0.2, 0.25) is 0 Å². The SMILES string of the molecule is C=CC[C@]1(C)C(=O)CC[C@H]1C(C)C. The Morgan fingerprint density at radius 2 is 2.31 bits per heavy atom. The monoisotopic (exact) mass is 180 g/mol. The van der Waals surface area contributed by atoms with Gasteiger partial charge in [-0.25, -0.2) is 0 Å². The largest absolute Gasteiger partial charge is 0.299 e. The molecule has 0 radical (unpaired) electrons. The second-order valence-corrected chi connectivity index (χ2v) is 4.72. The maximum absolute atomic E-state index is 11.8. The summed E-state index contributed by atoms with van der Waals surface area (Å²) in [4.78, 5) is 11.8. The van der Waals surface area contributed by atoms with E-state index in [0.717, 1.165) is 19.3 Å². The van der Waals surface area contributed by atoms with E-state index in [1.54, 1.807) is 0 Å². The molecule has 1 saturated carbocycles. The summed E-state index contributed by atoms with van der Waals surface area (Å²) in [5, 5.41) is 0. The highest BCUT2D eigenvalue weighted by Crippen LogP contribution is 2.46. The summed E-state index contributed by atoms with van der Waals surface area (Å²) >= 11 is 0. The van der Waals surface area contributed by atoms with Gasteiger partial charge in [-0.15, -0.1) is 6.58 Å². The van der Waals surface area contributed by atoms with Crippen LogP contribution >= 0.6 is 0 Å². The normalized spacial score (nSPS) is 34.2. The quantitative estimate of drug-likeness (QED) is 0.609. The van der Waals surface area contributed by atoms with Crippen LogP contribution in [0.2, 0.25) is 0 Å². The topological polar surface area (TPSA) is 17.1 Å². The molecule has 1 heteroatoms. The second-order valence-electron chi connectivity index (χ2n) is 4.72. The minimum atomic E-state index is -0.115. The van der Waals surface area contributed by atoms with Crippen LogP contribution < -0.4 is 0 Å². The third kappa shape index (κ3) is 1.70. The fourth-order valence-electron chi connectivity index (χ4n) is 2.73. The van der Waals surface area contributed by atoms with Crippen molar-refractivity contribution in [2.45, 2.75) is 40.0 Å². The highest BCUT2D eigenvalue weighted by atomic mass is 16.1.